The number of hydrogen-bond acceptors (Lipinski definition) is 3. The molecule has 1 N–H and O–H groups in total. The molecule has 2 unspecified atom stereocenters. The highest BCUT2D eigenvalue weighted by Crippen LogP contribution is 2.21. The Bertz CT molecular complexity index is 212. The molecule has 66 valence electrons. The van der Waals surface area contributed by atoms with E-state index >= 15 is 0 Å². The van der Waals surface area contributed by atoms with Gasteiger partial charge in [0.25, 0.3) is 0 Å². The standard InChI is InChI=1S/C9H15N3/c1-8(10-3)9(2)4-5-11-7-12-6-9/h4-8,10H,1-3H3. The zero-order valence-electron chi connectivity index (χ0n) is 7.78. The third kappa shape index (κ3) is 1.80. The molecular weight excluding hydrogens is 150 g/mol. The summed E-state index contributed by atoms with van der Waals surface area (Å²) in [6.07, 6.45) is 7.33. The molecule has 3 nitrogen and oxygen atoms in total. The van der Waals surface area contributed by atoms with E-state index in [4.69, 9.17) is 0 Å². The predicted octanol–water partition coefficient (Wildman–Crippen LogP) is 1.23. The van der Waals surface area contributed by atoms with Gasteiger partial charge in [0.05, 0.1) is 0 Å². The van der Waals surface area contributed by atoms with Crippen LogP contribution in [0.15, 0.2) is 22.3 Å². The molecular formula is C9H15N3. The van der Waals surface area contributed by atoms with Crippen LogP contribution in [-0.2, 0) is 0 Å². The molecule has 1 aliphatic rings. The summed E-state index contributed by atoms with van der Waals surface area (Å²) in [5.74, 6) is 0. The van der Waals surface area contributed by atoms with E-state index in [1.807, 2.05) is 13.3 Å². The van der Waals surface area contributed by atoms with Gasteiger partial charge in [0.2, 0.25) is 0 Å². The monoisotopic (exact) mass is 165 g/mol. The summed E-state index contributed by atoms with van der Waals surface area (Å²) in [5.41, 5.74) is -0.0365. The summed E-state index contributed by atoms with van der Waals surface area (Å²) in [6, 6.07) is 0.360. The number of nitrogens with one attached hydrogen (secondary N) is 1. The van der Waals surface area contributed by atoms with Crippen molar-refractivity contribution in [3.63, 3.8) is 0 Å². The Morgan fingerprint density at radius 1 is 1.42 bits per heavy atom. The zero-order chi connectivity index (χ0) is 9.03. The van der Waals surface area contributed by atoms with E-state index in [1.54, 1.807) is 12.5 Å². The minimum atomic E-state index is -0.0365. The van der Waals surface area contributed by atoms with Gasteiger partial charge in [0.1, 0.15) is 6.34 Å². The summed E-state index contributed by atoms with van der Waals surface area (Å²) < 4.78 is 0. The summed E-state index contributed by atoms with van der Waals surface area (Å²) >= 11 is 0. The lowest BCUT2D eigenvalue weighted by Gasteiger charge is -2.27. The lowest BCUT2D eigenvalue weighted by atomic mass is 9.84. The maximum Gasteiger partial charge on any atom is 0.114 e. The van der Waals surface area contributed by atoms with Crippen LogP contribution in [0.5, 0.6) is 0 Å². The van der Waals surface area contributed by atoms with E-state index in [1.165, 1.54) is 0 Å². The number of rotatable bonds is 2. The van der Waals surface area contributed by atoms with Crippen LogP contribution in [0, 0.1) is 5.41 Å². The van der Waals surface area contributed by atoms with E-state index in [-0.39, 0.29) is 5.41 Å². The van der Waals surface area contributed by atoms with Crippen LogP contribution in [0.3, 0.4) is 0 Å². The summed E-state index contributed by atoms with van der Waals surface area (Å²) in [6.45, 7) is 4.25. The van der Waals surface area contributed by atoms with Crippen molar-refractivity contribution in [3.8, 4) is 0 Å². The van der Waals surface area contributed by atoms with Crippen molar-refractivity contribution >= 4 is 12.6 Å². The zero-order valence-corrected chi connectivity index (χ0v) is 7.78. The van der Waals surface area contributed by atoms with Crippen LogP contribution in [0.2, 0.25) is 0 Å². The number of nitrogens with zero attached hydrogens (tertiary/aromatic N) is 2. The SMILES string of the molecule is CNC(C)C1(C)C=CN=CN=C1. The van der Waals surface area contributed by atoms with Crippen LogP contribution in [-0.4, -0.2) is 25.6 Å². The molecule has 0 amide bonds. The molecule has 0 spiro atoms. The third-order valence-corrected chi connectivity index (χ3v) is 2.37. The average molecular weight is 165 g/mol. The van der Waals surface area contributed by atoms with Crippen LogP contribution in [0.1, 0.15) is 13.8 Å². The summed E-state index contributed by atoms with van der Waals surface area (Å²) in [5, 5.41) is 3.20. The fourth-order valence-electron chi connectivity index (χ4n) is 1.08. The van der Waals surface area contributed by atoms with Crippen molar-refractivity contribution in [2.75, 3.05) is 7.05 Å². The molecule has 1 rings (SSSR count). The Labute approximate surface area is 73.3 Å². The predicted molar refractivity (Wildman–Crippen MR) is 52.8 cm³/mol. The van der Waals surface area contributed by atoms with Gasteiger partial charge < -0.3 is 5.32 Å². The van der Waals surface area contributed by atoms with Gasteiger partial charge in [-0.2, -0.15) is 0 Å². The lowest BCUT2D eigenvalue weighted by molar-refractivity contribution is 0.430. The normalized spacial score (nSPS) is 30.2. The topological polar surface area (TPSA) is 36.8 Å². The van der Waals surface area contributed by atoms with E-state index < -0.39 is 0 Å². The number of hydrogen-bond donors (Lipinski definition) is 1. The molecule has 0 aliphatic carbocycles. The maximum atomic E-state index is 4.07. The lowest BCUT2D eigenvalue weighted by Crippen LogP contribution is -2.39. The van der Waals surface area contributed by atoms with Gasteiger partial charge in [-0.15, -0.1) is 0 Å². The van der Waals surface area contributed by atoms with Crippen LogP contribution in [0.25, 0.3) is 0 Å². The van der Waals surface area contributed by atoms with Gasteiger partial charge in [-0.05, 0) is 20.9 Å². The van der Waals surface area contributed by atoms with Crippen LogP contribution in [0.4, 0.5) is 0 Å². The largest absolute Gasteiger partial charge is 0.316 e. The van der Waals surface area contributed by atoms with Crippen molar-refractivity contribution in [3.05, 3.63) is 12.3 Å². The second-order valence-corrected chi connectivity index (χ2v) is 3.23. The van der Waals surface area contributed by atoms with Crippen molar-refractivity contribution in [1.29, 1.82) is 0 Å². The fourth-order valence-corrected chi connectivity index (χ4v) is 1.08. The fraction of sp³-hybridized carbons (Fsp3) is 0.556. The minimum Gasteiger partial charge on any atom is -0.316 e. The first kappa shape index (κ1) is 9.13. The molecule has 0 bridgehead atoms. The third-order valence-electron chi connectivity index (χ3n) is 2.37. The van der Waals surface area contributed by atoms with E-state index in [0.717, 1.165) is 0 Å². The Balaban J connectivity index is 2.83. The molecule has 1 aliphatic heterocycles. The van der Waals surface area contributed by atoms with Gasteiger partial charge in [-0.25, -0.2) is 9.98 Å². The van der Waals surface area contributed by atoms with Crippen molar-refractivity contribution in [2.24, 2.45) is 15.4 Å². The van der Waals surface area contributed by atoms with Crippen molar-refractivity contribution < 1.29 is 0 Å². The molecule has 3 heteroatoms. The first-order valence-electron chi connectivity index (χ1n) is 4.10. The highest BCUT2D eigenvalue weighted by atomic mass is 14.9. The number of aliphatic imine (C=N–C) groups is 2. The molecule has 0 aromatic carbocycles. The minimum absolute atomic E-state index is 0.0365. The Morgan fingerprint density at radius 2 is 2.17 bits per heavy atom. The molecule has 2 atom stereocenters. The second-order valence-electron chi connectivity index (χ2n) is 3.23. The van der Waals surface area contributed by atoms with Gasteiger partial charge >= 0.3 is 0 Å². The Hall–Kier alpha value is -0.960. The molecule has 0 saturated heterocycles. The molecule has 0 aromatic rings. The van der Waals surface area contributed by atoms with E-state index in [9.17, 15) is 0 Å². The molecule has 12 heavy (non-hydrogen) atoms. The Kier molecular flexibility index (Phi) is 2.76. The van der Waals surface area contributed by atoms with Gasteiger partial charge in [0.15, 0.2) is 0 Å². The smallest absolute Gasteiger partial charge is 0.114 e. The van der Waals surface area contributed by atoms with E-state index in [2.05, 4.69) is 35.2 Å². The molecule has 0 saturated carbocycles. The first-order chi connectivity index (χ1) is 5.69. The summed E-state index contributed by atoms with van der Waals surface area (Å²) in [7, 11) is 1.95. The highest BCUT2D eigenvalue weighted by molar-refractivity contribution is 5.79. The van der Waals surface area contributed by atoms with E-state index in [0.29, 0.717) is 6.04 Å². The molecule has 0 fully saturated rings. The summed E-state index contributed by atoms with van der Waals surface area (Å²) in [4.78, 5) is 8.03. The highest BCUT2D eigenvalue weighted by Gasteiger charge is 2.25. The second kappa shape index (κ2) is 3.63. The van der Waals surface area contributed by atoms with Gasteiger partial charge in [-0.1, -0.05) is 6.08 Å². The molecule has 1 heterocycles. The van der Waals surface area contributed by atoms with Crippen molar-refractivity contribution in [2.45, 2.75) is 19.9 Å². The van der Waals surface area contributed by atoms with Crippen molar-refractivity contribution in [1.82, 2.24) is 5.32 Å². The van der Waals surface area contributed by atoms with Crippen LogP contribution >= 0.6 is 0 Å². The van der Waals surface area contributed by atoms with Gasteiger partial charge in [0, 0.05) is 23.9 Å². The average Bonchev–Trinajstić information content (AvgIpc) is 2.29. The molecule has 0 radical (unpaired) electrons. The maximum absolute atomic E-state index is 4.07. The van der Waals surface area contributed by atoms with Gasteiger partial charge in [-0.3, -0.25) is 0 Å². The first-order valence-corrected chi connectivity index (χ1v) is 4.10. The Morgan fingerprint density at radius 3 is 2.83 bits per heavy atom. The quantitative estimate of drug-likeness (QED) is 0.656. The van der Waals surface area contributed by atoms with Crippen LogP contribution < -0.4 is 5.32 Å². The molecule has 0 aromatic heterocycles.